The molecule has 0 aliphatic carbocycles. The van der Waals surface area contributed by atoms with Gasteiger partial charge in [-0.05, 0) is 18.6 Å². The lowest BCUT2D eigenvalue weighted by Crippen LogP contribution is -2.20. The number of benzene rings is 1. The molecule has 0 fully saturated rings. The summed E-state index contributed by atoms with van der Waals surface area (Å²) in [6.45, 7) is 2.71. The highest BCUT2D eigenvalue weighted by molar-refractivity contribution is 5.48. The molecule has 0 saturated heterocycles. The minimum Gasteiger partial charge on any atom is -0.496 e. The Balaban J connectivity index is 2.48. The molecule has 0 amide bonds. The van der Waals surface area contributed by atoms with Gasteiger partial charge in [-0.2, -0.15) is 0 Å². The van der Waals surface area contributed by atoms with Gasteiger partial charge in [0.2, 0.25) is 0 Å². The Hall–Kier alpha value is -1.22. The fraction of sp³-hybridized carbons (Fsp3) is 0.455. The monoisotopic (exact) mass is 193 g/mol. The van der Waals surface area contributed by atoms with E-state index in [1.54, 1.807) is 7.11 Å². The fourth-order valence-corrected chi connectivity index (χ4v) is 1.78. The number of ether oxygens (including phenoxy) is 2. The van der Waals surface area contributed by atoms with Gasteiger partial charge in [-0.1, -0.05) is 0 Å². The van der Waals surface area contributed by atoms with E-state index < -0.39 is 0 Å². The first-order valence-corrected chi connectivity index (χ1v) is 4.79. The van der Waals surface area contributed by atoms with E-state index in [1.165, 1.54) is 0 Å². The third-order valence-corrected chi connectivity index (χ3v) is 2.61. The van der Waals surface area contributed by atoms with Crippen molar-refractivity contribution in [3.63, 3.8) is 0 Å². The van der Waals surface area contributed by atoms with Gasteiger partial charge in [0.05, 0.1) is 13.7 Å². The number of rotatable bonds is 1. The molecule has 1 aromatic rings. The molecule has 0 aromatic heterocycles. The average Bonchev–Trinajstić information content (AvgIpc) is 2.19. The summed E-state index contributed by atoms with van der Waals surface area (Å²) in [5.74, 6) is 1.73. The summed E-state index contributed by atoms with van der Waals surface area (Å²) in [7, 11) is 1.66. The Kier molecular flexibility index (Phi) is 2.33. The zero-order valence-corrected chi connectivity index (χ0v) is 8.54. The van der Waals surface area contributed by atoms with E-state index in [2.05, 4.69) is 6.07 Å². The van der Waals surface area contributed by atoms with Crippen LogP contribution in [0.1, 0.15) is 23.6 Å². The summed E-state index contributed by atoms with van der Waals surface area (Å²) in [4.78, 5) is 0. The molecule has 1 atom stereocenters. The Morgan fingerprint density at radius 3 is 3.00 bits per heavy atom. The van der Waals surface area contributed by atoms with Crippen molar-refractivity contribution in [2.75, 3.05) is 13.7 Å². The van der Waals surface area contributed by atoms with E-state index in [9.17, 15) is 0 Å². The van der Waals surface area contributed by atoms with E-state index in [0.717, 1.165) is 29.0 Å². The van der Waals surface area contributed by atoms with Gasteiger partial charge in [0.1, 0.15) is 11.5 Å². The molecule has 0 bridgehead atoms. The zero-order chi connectivity index (χ0) is 10.1. The number of hydrogen-bond acceptors (Lipinski definition) is 3. The van der Waals surface area contributed by atoms with E-state index in [1.807, 2.05) is 13.0 Å². The average molecular weight is 193 g/mol. The first kappa shape index (κ1) is 9.34. The smallest absolute Gasteiger partial charge is 0.127 e. The maximum Gasteiger partial charge on any atom is 0.127 e. The Labute approximate surface area is 83.8 Å². The highest BCUT2D eigenvalue weighted by Crippen LogP contribution is 2.35. The lowest BCUT2D eigenvalue weighted by molar-refractivity contribution is 0.267. The minimum atomic E-state index is 0.100. The quantitative estimate of drug-likeness (QED) is 0.739. The van der Waals surface area contributed by atoms with Crippen molar-refractivity contribution in [2.24, 2.45) is 5.73 Å². The van der Waals surface area contributed by atoms with Crippen LogP contribution >= 0.6 is 0 Å². The van der Waals surface area contributed by atoms with Crippen molar-refractivity contribution in [1.29, 1.82) is 0 Å². The molecule has 0 saturated carbocycles. The van der Waals surface area contributed by atoms with Gasteiger partial charge in [0.25, 0.3) is 0 Å². The molecule has 3 heteroatoms. The molecule has 76 valence electrons. The maximum absolute atomic E-state index is 5.99. The first-order chi connectivity index (χ1) is 6.72. The van der Waals surface area contributed by atoms with Crippen LogP contribution < -0.4 is 15.2 Å². The van der Waals surface area contributed by atoms with Gasteiger partial charge in [-0.25, -0.2) is 0 Å². The fourth-order valence-electron chi connectivity index (χ4n) is 1.78. The van der Waals surface area contributed by atoms with Crippen LogP contribution in [0.3, 0.4) is 0 Å². The first-order valence-electron chi connectivity index (χ1n) is 4.79. The lowest BCUT2D eigenvalue weighted by atomic mass is 9.99. The molecular formula is C11H15NO2. The summed E-state index contributed by atoms with van der Waals surface area (Å²) < 4.78 is 10.8. The molecule has 0 unspecified atom stereocenters. The van der Waals surface area contributed by atoms with E-state index >= 15 is 0 Å². The molecular weight excluding hydrogens is 178 g/mol. The van der Waals surface area contributed by atoms with Gasteiger partial charge in [0.15, 0.2) is 0 Å². The molecule has 2 N–H and O–H groups in total. The van der Waals surface area contributed by atoms with Crippen LogP contribution in [0.2, 0.25) is 0 Å². The summed E-state index contributed by atoms with van der Waals surface area (Å²) in [6.07, 6.45) is 0.888. The van der Waals surface area contributed by atoms with Crippen molar-refractivity contribution >= 4 is 0 Å². The Morgan fingerprint density at radius 1 is 1.50 bits per heavy atom. The number of hydrogen-bond donors (Lipinski definition) is 1. The van der Waals surface area contributed by atoms with Crippen molar-refractivity contribution in [3.8, 4) is 11.5 Å². The molecule has 1 aromatic carbocycles. The summed E-state index contributed by atoms with van der Waals surface area (Å²) >= 11 is 0. The molecule has 14 heavy (non-hydrogen) atoms. The maximum atomic E-state index is 5.99. The highest BCUT2D eigenvalue weighted by Gasteiger charge is 2.19. The standard InChI is InChI=1S/C11H15NO2/c1-7-5-8-9(12)3-4-14-11(8)6-10(7)13-2/h5-6,9H,3-4,12H2,1-2H3/t9-/m1/s1. The molecule has 0 spiro atoms. The minimum absolute atomic E-state index is 0.100. The van der Waals surface area contributed by atoms with Gasteiger partial charge in [-0.3, -0.25) is 0 Å². The molecule has 0 radical (unpaired) electrons. The predicted octanol–water partition coefficient (Wildman–Crippen LogP) is 1.79. The number of nitrogens with two attached hydrogens (primary N) is 1. The lowest BCUT2D eigenvalue weighted by Gasteiger charge is -2.24. The topological polar surface area (TPSA) is 44.5 Å². The Bertz CT molecular complexity index is 349. The van der Waals surface area contributed by atoms with Crippen LogP contribution in [0, 0.1) is 6.92 Å². The Morgan fingerprint density at radius 2 is 2.29 bits per heavy atom. The normalized spacial score (nSPS) is 19.8. The zero-order valence-electron chi connectivity index (χ0n) is 8.54. The second-order valence-corrected chi connectivity index (χ2v) is 3.60. The number of methoxy groups -OCH3 is 1. The van der Waals surface area contributed by atoms with Crippen LogP contribution in [0.4, 0.5) is 0 Å². The SMILES string of the molecule is COc1cc2c(cc1C)[C@H](N)CCO2. The van der Waals surface area contributed by atoms with Gasteiger partial charge in [-0.15, -0.1) is 0 Å². The van der Waals surface area contributed by atoms with Crippen LogP contribution in [0.5, 0.6) is 11.5 Å². The highest BCUT2D eigenvalue weighted by atomic mass is 16.5. The molecule has 1 aliphatic rings. The van der Waals surface area contributed by atoms with Gasteiger partial charge >= 0.3 is 0 Å². The third kappa shape index (κ3) is 1.44. The van der Waals surface area contributed by atoms with E-state index in [4.69, 9.17) is 15.2 Å². The number of aryl methyl sites for hydroxylation is 1. The summed E-state index contributed by atoms with van der Waals surface area (Å²) in [5.41, 5.74) is 8.18. The van der Waals surface area contributed by atoms with Gasteiger partial charge < -0.3 is 15.2 Å². The molecule has 2 rings (SSSR count). The molecule has 3 nitrogen and oxygen atoms in total. The van der Waals surface area contributed by atoms with Crippen molar-refractivity contribution in [2.45, 2.75) is 19.4 Å². The van der Waals surface area contributed by atoms with E-state index in [-0.39, 0.29) is 6.04 Å². The number of fused-ring (bicyclic) bond motifs is 1. The summed E-state index contributed by atoms with van der Waals surface area (Å²) in [5, 5.41) is 0. The molecule has 1 aliphatic heterocycles. The van der Waals surface area contributed by atoms with Crippen molar-refractivity contribution in [1.82, 2.24) is 0 Å². The van der Waals surface area contributed by atoms with Crippen LogP contribution in [0.15, 0.2) is 12.1 Å². The van der Waals surface area contributed by atoms with Crippen LogP contribution in [0.25, 0.3) is 0 Å². The second-order valence-electron chi connectivity index (χ2n) is 3.60. The van der Waals surface area contributed by atoms with Crippen LogP contribution in [-0.2, 0) is 0 Å². The third-order valence-electron chi connectivity index (χ3n) is 2.61. The van der Waals surface area contributed by atoms with E-state index in [0.29, 0.717) is 6.61 Å². The van der Waals surface area contributed by atoms with Gasteiger partial charge in [0, 0.05) is 24.1 Å². The van der Waals surface area contributed by atoms with Crippen molar-refractivity contribution < 1.29 is 9.47 Å². The molecule has 1 heterocycles. The van der Waals surface area contributed by atoms with Crippen LogP contribution in [-0.4, -0.2) is 13.7 Å². The van der Waals surface area contributed by atoms with Crippen molar-refractivity contribution in [3.05, 3.63) is 23.3 Å². The second kappa shape index (κ2) is 3.50. The summed E-state index contributed by atoms with van der Waals surface area (Å²) in [6, 6.07) is 4.07. The predicted molar refractivity (Wildman–Crippen MR) is 54.8 cm³/mol. The largest absolute Gasteiger partial charge is 0.496 e.